The highest BCUT2D eigenvalue weighted by Crippen LogP contribution is 2.32. The minimum atomic E-state index is 0.0240. The van der Waals surface area contributed by atoms with E-state index in [1.54, 1.807) is 0 Å². The van der Waals surface area contributed by atoms with E-state index in [2.05, 4.69) is 17.0 Å². The summed E-state index contributed by atoms with van der Waals surface area (Å²) in [5.74, 6) is 1.79. The Labute approximate surface area is 171 Å². The number of amides is 1. The van der Waals surface area contributed by atoms with E-state index in [4.69, 9.17) is 9.47 Å². The number of ether oxygens (including phenoxy) is 2. The summed E-state index contributed by atoms with van der Waals surface area (Å²) < 4.78 is 12.0. The molecule has 0 aliphatic carbocycles. The average molecular weight is 390 g/mol. The lowest BCUT2D eigenvalue weighted by Crippen LogP contribution is -2.51. The topological polar surface area (TPSA) is 42.0 Å². The van der Waals surface area contributed by atoms with Gasteiger partial charge in [-0.25, -0.2) is 0 Å². The Morgan fingerprint density at radius 1 is 1.00 bits per heavy atom. The number of carbonyl (C=O) groups is 1. The third kappa shape index (κ3) is 3.87. The van der Waals surface area contributed by atoms with Gasteiger partial charge in [-0.3, -0.25) is 9.69 Å². The summed E-state index contributed by atoms with van der Waals surface area (Å²) in [4.78, 5) is 17.1. The molecule has 1 fully saturated rings. The number of rotatable bonds is 4. The Morgan fingerprint density at radius 2 is 1.79 bits per heavy atom. The minimum absolute atomic E-state index is 0.0240. The molecule has 5 rings (SSSR count). The largest absolute Gasteiger partial charge is 0.486 e. The van der Waals surface area contributed by atoms with Gasteiger partial charge in [0.05, 0.1) is 0 Å². The first kappa shape index (κ1) is 18.3. The van der Waals surface area contributed by atoms with Gasteiger partial charge in [-0.05, 0) is 42.7 Å². The molecule has 0 aromatic heterocycles. The molecule has 2 aromatic carbocycles. The Kier molecular flexibility index (Phi) is 4.98. The van der Waals surface area contributed by atoms with Crippen molar-refractivity contribution in [2.45, 2.75) is 25.0 Å². The molecule has 1 amide bonds. The number of nitrogens with zero attached hydrogens (tertiary/aromatic N) is 2. The van der Waals surface area contributed by atoms with Crippen LogP contribution in [0.5, 0.6) is 11.5 Å². The van der Waals surface area contributed by atoms with Gasteiger partial charge in [-0.2, -0.15) is 0 Å². The average Bonchev–Trinajstić information content (AvgIpc) is 3.16. The number of benzene rings is 2. The first-order valence-electron chi connectivity index (χ1n) is 10.4. The molecule has 0 N–H and O–H groups in total. The zero-order valence-electron chi connectivity index (χ0n) is 16.5. The van der Waals surface area contributed by atoms with E-state index in [1.165, 1.54) is 0 Å². The molecule has 0 radical (unpaired) electrons. The smallest absolute Gasteiger partial charge is 0.247 e. The molecule has 2 aromatic rings. The predicted molar refractivity (Wildman–Crippen MR) is 112 cm³/mol. The quantitative estimate of drug-likeness (QED) is 0.804. The third-order valence-electron chi connectivity index (χ3n) is 6.02. The Bertz CT molecular complexity index is 911. The molecule has 150 valence electrons. The third-order valence-corrected chi connectivity index (χ3v) is 6.02. The van der Waals surface area contributed by atoms with Crippen molar-refractivity contribution < 1.29 is 14.3 Å². The van der Waals surface area contributed by atoms with Crippen LogP contribution < -0.4 is 9.47 Å². The maximum Gasteiger partial charge on any atom is 0.247 e. The van der Waals surface area contributed by atoms with Crippen LogP contribution in [-0.4, -0.2) is 60.6 Å². The Balaban J connectivity index is 1.20. The highest BCUT2D eigenvalue weighted by Gasteiger charge is 2.33. The highest BCUT2D eigenvalue weighted by molar-refractivity contribution is 6.00. The van der Waals surface area contributed by atoms with Crippen LogP contribution in [0.15, 0.2) is 60.7 Å². The minimum Gasteiger partial charge on any atom is -0.486 e. The van der Waals surface area contributed by atoms with Crippen molar-refractivity contribution in [3.05, 3.63) is 66.2 Å². The van der Waals surface area contributed by atoms with Crippen molar-refractivity contribution in [1.82, 2.24) is 9.80 Å². The summed E-state index contributed by atoms with van der Waals surface area (Å²) in [6.07, 6.45) is 3.99. The first-order valence-corrected chi connectivity index (χ1v) is 10.4. The van der Waals surface area contributed by atoms with Gasteiger partial charge < -0.3 is 14.4 Å². The standard InChI is InChI=1S/C24H26N2O3/c27-24-13-19(18-7-2-1-3-8-18)14-26(24)20-9-6-12-25(15-20)16-21-17-28-22-10-4-5-11-23(22)29-21/h1-5,7-8,10-11,13,20-21H,6,9,12,14-17H2. The number of hydrogen-bond donors (Lipinski definition) is 0. The van der Waals surface area contributed by atoms with Crippen molar-refractivity contribution in [3.8, 4) is 11.5 Å². The summed E-state index contributed by atoms with van der Waals surface area (Å²) in [5.41, 5.74) is 2.26. The van der Waals surface area contributed by atoms with Crippen LogP contribution in [0.1, 0.15) is 18.4 Å². The van der Waals surface area contributed by atoms with Gasteiger partial charge in [0.2, 0.25) is 5.91 Å². The predicted octanol–water partition coefficient (Wildman–Crippen LogP) is 3.22. The first-order chi connectivity index (χ1) is 14.3. The normalized spacial score (nSPS) is 24.5. The fraction of sp³-hybridized carbons (Fsp3) is 0.375. The molecule has 29 heavy (non-hydrogen) atoms. The second kappa shape index (κ2) is 7.91. The van der Waals surface area contributed by atoms with Crippen LogP contribution >= 0.6 is 0 Å². The van der Waals surface area contributed by atoms with E-state index in [0.29, 0.717) is 13.2 Å². The molecule has 1 saturated heterocycles. The molecule has 2 atom stereocenters. The molecule has 5 nitrogen and oxygen atoms in total. The van der Waals surface area contributed by atoms with Crippen LogP contribution in [0.4, 0.5) is 0 Å². The van der Waals surface area contributed by atoms with Crippen LogP contribution in [-0.2, 0) is 4.79 Å². The lowest BCUT2D eigenvalue weighted by atomic mass is 10.0. The lowest BCUT2D eigenvalue weighted by molar-refractivity contribution is -0.127. The number of carbonyl (C=O) groups excluding carboxylic acids is 1. The summed E-state index contributed by atoms with van der Waals surface area (Å²) in [7, 11) is 0. The lowest BCUT2D eigenvalue weighted by Gasteiger charge is -2.39. The zero-order valence-corrected chi connectivity index (χ0v) is 16.5. The molecule has 3 aliphatic heterocycles. The van der Waals surface area contributed by atoms with Crippen LogP contribution in [0, 0.1) is 0 Å². The Morgan fingerprint density at radius 3 is 2.66 bits per heavy atom. The van der Waals surface area contributed by atoms with Gasteiger partial charge in [0.1, 0.15) is 12.7 Å². The monoisotopic (exact) mass is 390 g/mol. The fourth-order valence-electron chi connectivity index (χ4n) is 4.57. The molecular formula is C24H26N2O3. The van der Waals surface area contributed by atoms with Crippen LogP contribution in [0.3, 0.4) is 0 Å². The van der Waals surface area contributed by atoms with Gasteiger partial charge in [0.25, 0.3) is 0 Å². The van der Waals surface area contributed by atoms with E-state index in [9.17, 15) is 4.79 Å². The molecule has 3 aliphatic rings. The molecule has 2 unspecified atom stereocenters. The maximum absolute atomic E-state index is 12.7. The maximum atomic E-state index is 12.7. The van der Waals surface area contributed by atoms with Crippen molar-refractivity contribution in [3.63, 3.8) is 0 Å². The van der Waals surface area contributed by atoms with E-state index >= 15 is 0 Å². The number of hydrogen-bond acceptors (Lipinski definition) is 4. The van der Waals surface area contributed by atoms with Crippen LogP contribution in [0.25, 0.3) is 5.57 Å². The molecule has 0 bridgehead atoms. The summed E-state index contributed by atoms with van der Waals surface area (Å²) in [6.45, 7) is 4.03. The van der Waals surface area contributed by atoms with E-state index in [0.717, 1.165) is 55.1 Å². The zero-order chi connectivity index (χ0) is 19.6. The summed E-state index contributed by atoms with van der Waals surface area (Å²) >= 11 is 0. The molecular weight excluding hydrogens is 364 g/mol. The SMILES string of the molecule is O=C1C=C(c2ccccc2)CN1C1CCCN(CC2COc3ccccc3O2)C1. The van der Waals surface area contributed by atoms with Gasteiger partial charge in [-0.1, -0.05) is 42.5 Å². The van der Waals surface area contributed by atoms with Crippen molar-refractivity contribution in [2.24, 2.45) is 0 Å². The Hall–Kier alpha value is -2.79. The molecule has 0 spiro atoms. The second-order valence-corrected chi connectivity index (χ2v) is 8.05. The fourth-order valence-corrected chi connectivity index (χ4v) is 4.57. The number of piperidine rings is 1. The van der Waals surface area contributed by atoms with Crippen molar-refractivity contribution >= 4 is 11.5 Å². The number of likely N-dealkylation sites (tertiary alicyclic amines) is 1. The molecule has 0 saturated carbocycles. The summed E-state index contributed by atoms with van der Waals surface area (Å²) in [6, 6.07) is 18.3. The highest BCUT2D eigenvalue weighted by atomic mass is 16.6. The number of para-hydroxylation sites is 2. The van der Waals surface area contributed by atoms with Gasteiger partial charge >= 0.3 is 0 Å². The van der Waals surface area contributed by atoms with E-state index < -0.39 is 0 Å². The van der Waals surface area contributed by atoms with Gasteiger partial charge in [0.15, 0.2) is 11.5 Å². The second-order valence-electron chi connectivity index (χ2n) is 8.05. The summed E-state index contributed by atoms with van der Waals surface area (Å²) in [5, 5.41) is 0. The van der Waals surface area contributed by atoms with E-state index in [-0.39, 0.29) is 18.1 Å². The molecule has 3 heterocycles. The van der Waals surface area contributed by atoms with Crippen molar-refractivity contribution in [2.75, 3.05) is 32.8 Å². The van der Waals surface area contributed by atoms with Gasteiger partial charge in [-0.15, -0.1) is 0 Å². The number of fused-ring (bicyclic) bond motifs is 1. The van der Waals surface area contributed by atoms with Crippen LogP contribution in [0.2, 0.25) is 0 Å². The van der Waals surface area contributed by atoms with Gasteiger partial charge in [0, 0.05) is 31.8 Å². The van der Waals surface area contributed by atoms with E-state index in [1.807, 2.05) is 53.4 Å². The molecule has 5 heteroatoms. The van der Waals surface area contributed by atoms with Crippen molar-refractivity contribution in [1.29, 1.82) is 0 Å².